The Morgan fingerprint density at radius 1 is 0.971 bits per heavy atom. The Hall–Kier alpha value is -2.29. The van der Waals surface area contributed by atoms with Gasteiger partial charge in [-0.15, -0.1) is 0 Å². The highest BCUT2D eigenvalue weighted by atomic mass is 35.5. The van der Waals surface area contributed by atoms with Gasteiger partial charge in [0, 0.05) is 17.6 Å². The summed E-state index contributed by atoms with van der Waals surface area (Å²) < 4.78 is 26.2. The number of halogens is 2. The standard InChI is InChI=1S/C24H31Cl2N3O4S/c1-5-17(3)27-24(31)21(6-2)28(15-18-11-7-8-12-19(18)25)23(30)16-29(34(4,32)33)22-14-10-9-13-20(22)26/h7-14,17,21H,5-6,15-16H2,1-4H3,(H,27,31)/t17-,21+/m1/s1. The maximum Gasteiger partial charge on any atom is 0.244 e. The summed E-state index contributed by atoms with van der Waals surface area (Å²) in [5.74, 6) is -0.850. The lowest BCUT2D eigenvalue weighted by Crippen LogP contribution is -2.53. The number of sulfonamides is 1. The van der Waals surface area contributed by atoms with Gasteiger partial charge in [0.15, 0.2) is 0 Å². The van der Waals surface area contributed by atoms with Gasteiger partial charge in [-0.25, -0.2) is 8.42 Å². The molecule has 2 rings (SSSR count). The maximum absolute atomic E-state index is 13.6. The Bertz CT molecular complexity index is 1110. The monoisotopic (exact) mass is 527 g/mol. The molecule has 0 aliphatic rings. The quantitative estimate of drug-likeness (QED) is 0.466. The van der Waals surface area contributed by atoms with Gasteiger partial charge < -0.3 is 10.2 Å². The Morgan fingerprint density at radius 3 is 2.09 bits per heavy atom. The topological polar surface area (TPSA) is 86.8 Å². The minimum atomic E-state index is -3.85. The second-order valence-electron chi connectivity index (χ2n) is 8.08. The molecule has 0 saturated heterocycles. The molecule has 0 aromatic heterocycles. The Kier molecular flexibility index (Phi) is 10.2. The zero-order valence-corrected chi connectivity index (χ0v) is 22.1. The first-order valence-corrected chi connectivity index (χ1v) is 13.6. The first-order valence-electron chi connectivity index (χ1n) is 11.0. The molecule has 186 valence electrons. The summed E-state index contributed by atoms with van der Waals surface area (Å²) in [4.78, 5) is 28.1. The Labute approximate surface area is 212 Å². The number of anilines is 1. The van der Waals surface area contributed by atoms with Gasteiger partial charge in [-0.2, -0.15) is 0 Å². The van der Waals surface area contributed by atoms with Gasteiger partial charge in [0.25, 0.3) is 0 Å². The lowest BCUT2D eigenvalue weighted by Gasteiger charge is -2.33. The second kappa shape index (κ2) is 12.4. The number of amides is 2. The van der Waals surface area contributed by atoms with E-state index in [2.05, 4.69) is 5.32 Å². The zero-order valence-electron chi connectivity index (χ0n) is 19.8. The summed E-state index contributed by atoms with van der Waals surface area (Å²) in [6.45, 7) is 5.17. The maximum atomic E-state index is 13.6. The number of carbonyl (C=O) groups is 2. The first kappa shape index (κ1) is 28.0. The molecule has 10 heteroatoms. The van der Waals surface area contributed by atoms with E-state index < -0.39 is 28.5 Å². The van der Waals surface area contributed by atoms with E-state index in [-0.39, 0.29) is 29.2 Å². The Balaban J connectivity index is 2.47. The lowest BCUT2D eigenvalue weighted by atomic mass is 10.1. The lowest BCUT2D eigenvalue weighted by molar-refractivity contribution is -0.140. The molecule has 2 aromatic carbocycles. The molecule has 34 heavy (non-hydrogen) atoms. The van der Waals surface area contributed by atoms with Gasteiger partial charge in [-0.3, -0.25) is 13.9 Å². The van der Waals surface area contributed by atoms with Crippen molar-refractivity contribution in [2.45, 2.75) is 52.2 Å². The molecule has 2 aromatic rings. The molecule has 0 saturated carbocycles. The van der Waals surface area contributed by atoms with Crippen LogP contribution in [0.4, 0.5) is 5.69 Å². The summed E-state index contributed by atoms with van der Waals surface area (Å²) in [5, 5.41) is 3.56. The van der Waals surface area contributed by atoms with Crippen LogP contribution in [-0.2, 0) is 26.2 Å². The highest BCUT2D eigenvalue weighted by molar-refractivity contribution is 7.92. The third kappa shape index (κ3) is 7.35. The number of carbonyl (C=O) groups excluding carboxylic acids is 2. The van der Waals surface area contributed by atoms with Gasteiger partial charge in [-0.05, 0) is 43.5 Å². The highest BCUT2D eigenvalue weighted by Crippen LogP contribution is 2.28. The summed E-state index contributed by atoms with van der Waals surface area (Å²) in [6, 6.07) is 12.5. The minimum absolute atomic E-state index is 0.0467. The van der Waals surface area contributed by atoms with Gasteiger partial charge in [-0.1, -0.05) is 67.4 Å². The molecule has 0 spiro atoms. The molecule has 0 radical (unpaired) electrons. The summed E-state index contributed by atoms with van der Waals surface area (Å²) in [6.07, 6.45) is 2.08. The molecule has 2 atom stereocenters. The predicted octanol–water partition coefficient (Wildman–Crippen LogP) is 4.48. The summed E-state index contributed by atoms with van der Waals surface area (Å²) in [5.41, 5.74) is 0.839. The normalized spacial score (nSPS) is 13.1. The number of rotatable bonds is 11. The number of nitrogens with zero attached hydrogens (tertiary/aromatic N) is 2. The smallest absolute Gasteiger partial charge is 0.244 e. The van der Waals surface area contributed by atoms with Crippen LogP contribution in [0.3, 0.4) is 0 Å². The van der Waals surface area contributed by atoms with Crippen molar-refractivity contribution < 1.29 is 18.0 Å². The number of hydrogen-bond acceptors (Lipinski definition) is 4. The van der Waals surface area contributed by atoms with Crippen LogP contribution in [0.5, 0.6) is 0 Å². The molecule has 1 N–H and O–H groups in total. The van der Waals surface area contributed by atoms with Crippen LogP contribution in [0.2, 0.25) is 10.0 Å². The van der Waals surface area contributed by atoms with E-state index in [9.17, 15) is 18.0 Å². The second-order valence-corrected chi connectivity index (χ2v) is 10.8. The van der Waals surface area contributed by atoms with Gasteiger partial charge in [0.2, 0.25) is 21.8 Å². The molecule has 0 bridgehead atoms. The van der Waals surface area contributed by atoms with Crippen LogP contribution in [0.15, 0.2) is 48.5 Å². The summed E-state index contributed by atoms with van der Waals surface area (Å²) >= 11 is 12.6. The first-order chi connectivity index (χ1) is 16.0. The number of para-hydroxylation sites is 1. The molecular weight excluding hydrogens is 497 g/mol. The fourth-order valence-electron chi connectivity index (χ4n) is 3.42. The third-order valence-corrected chi connectivity index (χ3v) is 7.30. The molecule has 7 nitrogen and oxygen atoms in total. The van der Waals surface area contributed by atoms with Crippen molar-refractivity contribution in [1.29, 1.82) is 0 Å². The molecule has 0 heterocycles. The molecule has 0 aliphatic heterocycles. The SMILES string of the molecule is CC[C@@H](C)NC(=O)[C@H](CC)N(Cc1ccccc1Cl)C(=O)CN(c1ccccc1Cl)S(C)(=O)=O. The van der Waals surface area contributed by atoms with E-state index in [4.69, 9.17) is 23.2 Å². The van der Waals surface area contributed by atoms with E-state index >= 15 is 0 Å². The van der Waals surface area contributed by atoms with Crippen LogP contribution in [0, 0.1) is 0 Å². The van der Waals surface area contributed by atoms with Crippen molar-refractivity contribution in [3.63, 3.8) is 0 Å². The number of hydrogen-bond donors (Lipinski definition) is 1. The van der Waals surface area contributed by atoms with Gasteiger partial charge in [0.05, 0.1) is 17.0 Å². The molecule has 0 fully saturated rings. The van der Waals surface area contributed by atoms with E-state index in [1.54, 1.807) is 49.4 Å². The van der Waals surface area contributed by atoms with E-state index in [1.165, 1.54) is 11.0 Å². The molecular formula is C24H31Cl2N3O4S. The molecule has 0 aliphatic carbocycles. The van der Waals surface area contributed by atoms with E-state index in [0.717, 1.165) is 17.0 Å². The van der Waals surface area contributed by atoms with Gasteiger partial charge in [0.1, 0.15) is 12.6 Å². The molecule has 0 unspecified atom stereocenters. The van der Waals surface area contributed by atoms with Crippen molar-refractivity contribution >= 4 is 50.7 Å². The third-order valence-electron chi connectivity index (χ3n) is 5.49. The van der Waals surface area contributed by atoms with E-state index in [1.807, 2.05) is 13.8 Å². The summed E-state index contributed by atoms with van der Waals surface area (Å²) in [7, 11) is -3.85. The number of benzene rings is 2. The van der Waals surface area contributed by atoms with Crippen LogP contribution in [-0.4, -0.2) is 50.0 Å². The van der Waals surface area contributed by atoms with Crippen molar-refractivity contribution in [2.75, 3.05) is 17.1 Å². The fourth-order valence-corrected chi connectivity index (χ4v) is 4.76. The highest BCUT2D eigenvalue weighted by Gasteiger charge is 2.32. The minimum Gasteiger partial charge on any atom is -0.352 e. The van der Waals surface area contributed by atoms with Crippen molar-refractivity contribution in [3.8, 4) is 0 Å². The zero-order chi connectivity index (χ0) is 25.5. The predicted molar refractivity (Wildman–Crippen MR) is 138 cm³/mol. The Morgan fingerprint density at radius 2 is 1.56 bits per heavy atom. The molecule has 2 amide bonds. The van der Waals surface area contributed by atoms with Crippen molar-refractivity contribution in [3.05, 3.63) is 64.1 Å². The van der Waals surface area contributed by atoms with E-state index in [0.29, 0.717) is 17.0 Å². The average molecular weight is 529 g/mol. The largest absolute Gasteiger partial charge is 0.352 e. The fraction of sp³-hybridized carbons (Fsp3) is 0.417. The average Bonchev–Trinajstić information content (AvgIpc) is 2.78. The van der Waals surface area contributed by atoms with Crippen LogP contribution in [0.1, 0.15) is 39.2 Å². The van der Waals surface area contributed by atoms with Crippen LogP contribution >= 0.6 is 23.2 Å². The number of nitrogens with one attached hydrogen (secondary N) is 1. The van der Waals surface area contributed by atoms with Crippen molar-refractivity contribution in [2.24, 2.45) is 0 Å². The van der Waals surface area contributed by atoms with Crippen molar-refractivity contribution in [1.82, 2.24) is 10.2 Å². The van der Waals surface area contributed by atoms with Crippen LogP contribution in [0.25, 0.3) is 0 Å². The van der Waals surface area contributed by atoms with Crippen LogP contribution < -0.4 is 9.62 Å². The van der Waals surface area contributed by atoms with Gasteiger partial charge >= 0.3 is 0 Å².